The highest BCUT2D eigenvalue weighted by Crippen LogP contribution is 2.32. The van der Waals surface area contributed by atoms with Gasteiger partial charge in [-0.1, -0.05) is 38.1 Å². The molecule has 1 heterocycles. The summed E-state index contributed by atoms with van der Waals surface area (Å²) in [6, 6.07) is 7.99. The van der Waals surface area contributed by atoms with E-state index in [1.54, 1.807) is 0 Å². The number of amides is 1. The van der Waals surface area contributed by atoms with Gasteiger partial charge in [-0.15, -0.1) is 0 Å². The monoisotopic (exact) mass is 231 g/mol. The fourth-order valence-electron chi connectivity index (χ4n) is 2.16. The summed E-state index contributed by atoms with van der Waals surface area (Å²) in [6.07, 6.45) is 1.59. The van der Waals surface area contributed by atoms with Gasteiger partial charge in [0.1, 0.15) is 0 Å². The van der Waals surface area contributed by atoms with Crippen LogP contribution in [0.15, 0.2) is 29.3 Å². The van der Waals surface area contributed by atoms with Crippen molar-refractivity contribution in [1.82, 2.24) is 5.32 Å². The van der Waals surface area contributed by atoms with Crippen LogP contribution in [0.5, 0.6) is 0 Å². The van der Waals surface area contributed by atoms with Crippen LogP contribution in [0, 0.1) is 0 Å². The normalized spacial score (nSPS) is 23.4. The molecule has 1 atom stereocenters. The van der Waals surface area contributed by atoms with E-state index >= 15 is 0 Å². The number of aryl methyl sites for hydroxylation is 1. The van der Waals surface area contributed by atoms with Gasteiger partial charge in [0.05, 0.1) is 0 Å². The highest BCUT2D eigenvalue weighted by atomic mass is 16.2. The minimum Gasteiger partial charge on any atom is -0.370 e. The Morgan fingerprint density at radius 2 is 1.94 bits per heavy atom. The molecule has 1 aromatic carbocycles. The summed E-state index contributed by atoms with van der Waals surface area (Å²) in [5, 5.41) is 2.57. The van der Waals surface area contributed by atoms with Crippen molar-refractivity contribution in [2.24, 2.45) is 10.7 Å². The summed E-state index contributed by atoms with van der Waals surface area (Å²) in [4.78, 5) is 16.3. The molecule has 1 unspecified atom stereocenters. The van der Waals surface area contributed by atoms with Gasteiger partial charge < -0.3 is 5.73 Å². The number of nitrogens with two attached hydrogens (primary N) is 1. The molecule has 90 valence electrons. The third kappa shape index (κ3) is 1.79. The van der Waals surface area contributed by atoms with Crippen LogP contribution in [0.1, 0.15) is 31.4 Å². The van der Waals surface area contributed by atoms with Gasteiger partial charge in [-0.2, -0.15) is 0 Å². The summed E-state index contributed by atoms with van der Waals surface area (Å²) in [5.41, 5.74) is 6.89. The second-order valence-electron chi connectivity index (χ2n) is 4.22. The molecular formula is C13H17N3O. The van der Waals surface area contributed by atoms with Gasteiger partial charge in [-0.3, -0.25) is 10.1 Å². The average Bonchev–Trinajstić information content (AvgIpc) is 2.65. The van der Waals surface area contributed by atoms with Crippen LogP contribution in [0.2, 0.25) is 0 Å². The Balaban J connectivity index is 2.44. The summed E-state index contributed by atoms with van der Waals surface area (Å²) in [5.74, 6) is 0.0677. The van der Waals surface area contributed by atoms with E-state index in [-0.39, 0.29) is 11.9 Å². The van der Waals surface area contributed by atoms with Crippen LogP contribution in [0.25, 0.3) is 0 Å². The Bertz CT molecular complexity index is 464. The van der Waals surface area contributed by atoms with Gasteiger partial charge in [0.15, 0.2) is 11.5 Å². The van der Waals surface area contributed by atoms with Gasteiger partial charge in [-0.25, -0.2) is 4.99 Å². The molecular weight excluding hydrogens is 214 g/mol. The fraction of sp³-hybridized carbons (Fsp3) is 0.385. The van der Waals surface area contributed by atoms with E-state index in [2.05, 4.69) is 17.2 Å². The molecule has 0 radical (unpaired) electrons. The Kier molecular flexibility index (Phi) is 2.88. The Morgan fingerprint density at radius 1 is 1.29 bits per heavy atom. The largest absolute Gasteiger partial charge is 0.370 e. The molecule has 0 saturated heterocycles. The first kappa shape index (κ1) is 11.6. The first-order valence-electron chi connectivity index (χ1n) is 5.88. The van der Waals surface area contributed by atoms with E-state index in [0.29, 0.717) is 6.42 Å². The summed E-state index contributed by atoms with van der Waals surface area (Å²) in [7, 11) is 0. The lowest BCUT2D eigenvalue weighted by molar-refractivity contribution is -0.124. The minimum atomic E-state index is -0.837. The number of benzene rings is 1. The minimum absolute atomic E-state index is 0.137. The maximum atomic E-state index is 12.0. The van der Waals surface area contributed by atoms with E-state index in [1.807, 2.05) is 31.2 Å². The fourth-order valence-corrected chi connectivity index (χ4v) is 2.16. The molecule has 4 nitrogen and oxygen atoms in total. The quantitative estimate of drug-likeness (QED) is 0.823. The zero-order chi connectivity index (χ0) is 12.5. The Morgan fingerprint density at radius 3 is 2.35 bits per heavy atom. The molecule has 0 aliphatic carbocycles. The number of hydrogen-bond acceptors (Lipinski definition) is 3. The van der Waals surface area contributed by atoms with Gasteiger partial charge in [0.2, 0.25) is 0 Å². The molecule has 0 bridgehead atoms. The zero-order valence-corrected chi connectivity index (χ0v) is 10.2. The first-order valence-corrected chi connectivity index (χ1v) is 5.88. The van der Waals surface area contributed by atoms with Crippen LogP contribution in [0.3, 0.4) is 0 Å². The smallest absolute Gasteiger partial charge is 0.259 e. The standard InChI is InChI=1S/C13H17N3O/c1-3-9-5-7-10(8-6-9)13(4-2)11(17)15-12(14)16-13/h5-8H,3-4H2,1-2H3,(H3,14,15,16,17). The second-order valence-corrected chi connectivity index (χ2v) is 4.22. The number of guanidine groups is 1. The predicted molar refractivity (Wildman–Crippen MR) is 67.6 cm³/mol. The Labute approximate surface area is 101 Å². The molecule has 1 aliphatic rings. The molecule has 1 aromatic rings. The lowest BCUT2D eigenvalue weighted by Crippen LogP contribution is -2.38. The summed E-state index contributed by atoms with van der Waals surface area (Å²) < 4.78 is 0. The van der Waals surface area contributed by atoms with Gasteiger partial charge in [0, 0.05) is 0 Å². The van der Waals surface area contributed by atoms with E-state index in [0.717, 1.165) is 12.0 Å². The van der Waals surface area contributed by atoms with Crippen LogP contribution >= 0.6 is 0 Å². The summed E-state index contributed by atoms with van der Waals surface area (Å²) in [6.45, 7) is 4.04. The maximum absolute atomic E-state index is 12.0. The van der Waals surface area contributed by atoms with Crippen molar-refractivity contribution < 1.29 is 4.79 Å². The highest BCUT2D eigenvalue weighted by molar-refractivity contribution is 6.07. The number of nitrogens with zero attached hydrogens (tertiary/aromatic N) is 1. The van der Waals surface area contributed by atoms with Crippen LogP contribution in [-0.4, -0.2) is 11.9 Å². The van der Waals surface area contributed by atoms with Crippen LogP contribution < -0.4 is 11.1 Å². The van der Waals surface area contributed by atoms with Crippen molar-refractivity contribution in [3.63, 3.8) is 0 Å². The number of carbonyl (C=O) groups is 1. The third-order valence-electron chi connectivity index (χ3n) is 3.28. The van der Waals surface area contributed by atoms with Crippen molar-refractivity contribution in [3.05, 3.63) is 35.4 Å². The maximum Gasteiger partial charge on any atom is 0.259 e. The van der Waals surface area contributed by atoms with Crippen molar-refractivity contribution >= 4 is 11.9 Å². The number of carbonyl (C=O) groups excluding carboxylic acids is 1. The van der Waals surface area contributed by atoms with Gasteiger partial charge in [-0.05, 0) is 24.0 Å². The van der Waals surface area contributed by atoms with Crippen LogP contribution in [0.4, 0.5) is 0 Å². The van der Waals surface area contributed by atoms with Crippen molar-refractivity contribution in [2.45, 2.75) is 32.2 Å². The molecule has 3 N–H and O–H groups in total. The number of aliphatic imine (C=N–C) groups is 1. The lowest BCUT2D eigenvalue weighted by atomic mass is 9.87. The molecule has 2 rings (SSSR count). The number of nitrogens with one attached hydrogen (secondary N) is 1. The average molecular weight is 231 g/mol. The number of rotatable bonds is 3. The highest BCUT2D eigenvalue weighted by Gasteiger charge is 2.43. The molecule has 4 heteroatoms. The third-order valence-corrected chi connectivity index (χ3v) is 3.28. The van der Waals surface area contributed by atoms with Crippen molar-refractivity contribution in [3.8, 4) is 0 Å². The van der Waals surface area contributed by atoms with Crippen molar-refractivity contribution in [1.29, 1.82) is 0 Å². The van der Waals surface area contributed by atoms with Gasteiger partial charge in [0.25, 0.3) is 5.91 Å². The Hall–Kier alpha value is -1.84. The van der Waals surface area contributed by atoms with Crippen molar-refractivity contribution in [2.75, 3.05) is 0 Å². The first-order chi connectivity index (χ1) is 8.12. The molecule has 1 amide bonds. The van der Waals surface area contributed by atoms with E-state index in [4.69, 9.17) is 5.73 Å². The van der Waals surface area contributed by atoms with Crippen LogP contribution in [-0.2, 0) is 16.8 Å². The van der Waals surface area contributed by atoms with E-state index < -0.39 is 5.54 Å². The summed E-state index contributed by atoms with van der Waals surface area (Å²) >= 11 is 0. The second kappa shape index (κ2) is 4.20. The molecule has 0 aromatic heterocycles. The van der Waals surface area contributed by atoms with E-state index in [1.165, 1.54) is 5.56 Å². The number of hydrogen-bond donors (Lipinski definition) is 2. The molecule has 0 fully saturated rings. The molecule has 1 aliphatic heterocycles. The van der Waals surface area contributed by atoms with Gasteiger partial charge >= 0.3 is 0 Å². The topological polar surface area (TPSA) is 67.5 Å². The van der Waals surface area contributed by atoms with E-state index in [9.17, 15) is 4.79 Å². The zero-order valence-electron chi connectivity index (χ0n) is 10.2. The predicted octanol–water partition coefficient (Wildman–Crippen LogP) is 1.30. The molecule has 0 spiro atoms. The lowest BCUT2D eigenvalue weighted by Gasteiger charge is -2.22. The molecule has 0 saturated carbocycles. The molecule has 17 heavy (non-hydrogen) atoms. The SMILES string of the molecule is CCc1ccc(C2(CC)N=C(N)NC2=O)cc1.